The molecule has 3 fully saturated rings. The van der Waals surface area contributed by atoms with Crippen LogP contribution in [0, 0.1) is 17.2 Å². The minimum Gasteiger partial charge on any atom is -0.480 e. The fourth-order valence-electron chi connectivity index (χ4n) is 6.30. The van der Waals surface area contributed by atoms with Crippen LogP contribution in [0.1, 0.15) is 55.8 Å². The highest BCUT2D eigenvalue weighted by Gasteiger charge is 2.58. The SMILES string of the molecule is C[C@@]1(C(=O)O)C[C@@H](O)CN1C(=O)c1ccc(-c2ccc(OCC3CCN(CC4(C(F)(F)F)CCC4)CC3)nc2)c(F)c1. The van der Waals surface area contributed by atoms with E-state index in [1.807, 2.05) is 4.90 Å². The summed E-state index contributed by atoms with van der Waals surface area (Å²) < 4.78 is 61.4. The predicted octanol–water partition coefficient (Wildman–Crippen LogP) is 4.76. The van der Waals surface area contributed by atoms with Gasteiger partial charge in [0.05, 0.1) is 18.1 Å². The normalized spacial score (nSPS) is 24.8. The first-order valence-corrected chi connectivity index (χ1v) is 14.2. The maximum atomic E-state index is 15.1. The number of aliphatic hydroxyl groups excluding tert-OH is 1. The lowest BCUT2D eigenvalue weighted by Crippen LogP contribution is -2.53. The van der Waals surface area contributed by atoms with Crippen LogP contribution in [-0.4, -0.2) is 87.5 Å². The van der Waals surface area contributed by atoms with Crippen LogP contribution in [0.3, 0.4) is 0 Å². The van der Waals surface area contributed by atoms with Gasteiger partial charge in [-0.25, -0.2) is 14.2 Å². The number of pyridine rings is 1. The molecule has 3 heterocycles. The standard InChI is InChI=1S/C30H35F4N3O5/c1-28(27(40)41)14-22(38)16-37(28)26(39)20-3-5-23(24(31)13-20)21-4-6-25(35-15-21)42-17-19-7-11-36(12-8-19)18-29(9-2-10-29)30(32,33)34/h3-6,13,15,19,22,38H,2,7-12,14,16-18H2,1H3,(H,40,41)/t22-,28+/m1/s1. The predicted molar refractivity (Wildman–Crippen MR) is 144 cm³/mol. The Morgan fingerprint density at radius 1 is 1.14 bits per heavy atom. The quantitative estimate of drug-likeness (QED) is 0.426. The third kappa shape index (κ3) is 5.83. The Morgan fingerprint density at radius 3 is 2.40 bits per heavy atom. The second-order valence-electron chi connectivity index (χ2n) is 12.1. The van der Waals surface area contributed by atoms with Crippen LogP contribution < -0.4 is 4.74 Å². The Labute approximate surface area is 241 Å². The summed E-state index contributed by atoms with van der Waals surface area (Å²) in [4.78, 5) is 32.0. The average molecular weight is 594 g/mol. The van der Waals surface area contributed by atoms with Crippen LogP contribution >= 0.6 is 0 Å². The first kappa shape index (κ1) is 30.2. The molecule has 3 aliphatic rings. The van der Waals surface area contributed by atoms with Gasteiger partial charge in [0.2, 0.25) is 5.88 Å². The maximum Gasteiger partial charge on any atom is 0.395 e. The topological polar surface area (TPSA) is 103 Å². The van der Waals surface area contributed by atoms with Crippen molar-refractivity contribution >= 4 is 11.9 Å². The molecule has 0 unspecified atom stereocenters. The summed E-state index contributed by atoms with van der Waals surface area (Å²) in [6.45, 7) is 2.86. The van der Waals surface area contributed by atoms with Crippen LogP contribution in [0.5, 0.6) is 5.88 Å². The molecule has 0 radical (unpaired) electrons. The number of hydrogen-bond acceptors (Lipinski definition) is 6. The summed E-state index contributed by atoms with van der Waals surface area (Å²) in [5.41, 5.74) is -2.51. The number of rotatable bonds is 8. The highest BCUT2D eigenvalue weighted by Crippen LogP contribution is 2.53. The van der Waals surface area contributed by atoms with Crippen molar-refractivity contribution in [3.63, 3.8) is 0 Å². The fraction of sp³-hybridized carbons (Fsp3) is 0.567. The number of hydrogen-bond donors (Lipinski definition) is 2. The number of aliphatic carboxylic acids is 1. The van der Waals surface area contributed by atoms with Gasteiger partial charge in [0.1, 0.15) is 11.4 Å². The number of alkyl halides is 3. The van der Waals surface area contributed by atoms with Gasteiger partial charge < -0.3 is 24.7 Å². The largest absolute Gasteiger partial charge is 0.480 e. The molecule has 0 bridgehead atoms. The second kappa shape index (κ2) is 11.4. The van der Waals surface area contributed by atoms with E-state index in [-0.39, 0.29) is 49.4 Å². The Kier molecular flexibility index (Phi) is 8.23. The van der Waals surface area contributed by atoms with Gasteiger partial charge >= 0.3 is 12.1 Å². The second-order valence-corrected chi connectivity index (χ2v) is 12.1. The highest BCUT2D eigenvalue weighted by molar-refractivity contribution is 5.98. The number of carboxylic acid groups (broad SMARTS) is 1. The first-order valence-electron chi connectivity index (χ1n) is 14.2. The van der Waals surface area contributed by atoms with Gasteiger partial charge in [0, 0.05) is 48.5 Å². The number of amides is 1. The van der Waals surface area contributed by atoms with Crippen molar-refractivity contribution in [2.75, 3.05) is 32.8 Å². The Balaban J connectivity index is 1.14. The number of ether oxygens (including phenoxy) is 1. The molecule has 2 N–H and O–H groups in total. The van der Waals surface area contributed by atoms with Gasteiger partial charge in [-0.15, -0.1) is 0 Å². The van der Waals surface area contributed by atoms with E-state index < -0.39 is 40.9 Å². The molecule has 1 aromatic carbocycles. The van der Waals surface area contributed by atoms with Gasteiger partial charge in [-0.2, -0.15) is 13.2 Å². The number of carboxylic acids is 1. The molecule has 1 aliphatic carbocycles. The lowest BCUT2D eigenvalue weighted by Gasteiger charge is -2.47. The van der Waals surface area contributed by atoms with Crippen LogP contribution in [0.25, 0.3) is 11.1 Å². The van der Waals surface area contributed by atoms with E-state index in [9.17, 15) is 33.0 Å². The molecule has 2 saturated heterocycles. The monoisotopic (exact) mass is 593 g/mol. The molecule has 0 spiro atoms. The van der Waals surface area contributed by atoms with E-state index in [0.717, 1.165) is 23.8 Å². The lowest BCUT2D eigenvalue weighted by molar-refractivity contribution is -0.256. The number of aromatic nitrogens is 1. The van der Waals surface area contributed by atoms with E-state index in [0.29, 0.717) is 37.6 Å². The van der Waals surface area contributed by atoms with E-state index in [4.69, 9.17) is 4.74 Å². The Bertz CT molecular complexity index is 1310. The van der Waals surface area contributed by atoms with Gasteiger partial charge in [0.15, 0.2) is 0 Å². The van der Waals surface area contributed by atoms with E-state index in [2.05, 4.69) is 4.98 Å². The Morgan fingerprint density at radius 2 is 1.86 bits per heavy atom. The smallest absolute Gasteiger partial charge is 0.395 e. The zero-order chi connectivity index (χ0) is 30.3. The fourth-order valence-corrected chi connectivity index (χ4v) is 6.30. The number of carbonyl (C=O) groups is 2. The van der Waals surface area contributed by atoms with Crippen molar-refractivity contribution in [3.8, 4) is 17.0 Å². The molecule has 2 aromatic rings. The molecular formula is C30H35F4N3O5. The summed E-state index contributed by atoms with van der Waals surface area (Å²) in [5, 5.41) is 19.5. The van der Waals surface area contributed by atoms with Crippen LogP contribution in [0.4, 0.5) is 17.6 Å². The lowest BCUT2D eigenvalue weighted by atomic mass is 9.67. The molecule has 42 heavy (non-hydrogen) atoms. The molecule has 8 nitrogen and oxygen atoms in total. The molecule has 1 saturated carbocycles. The third-order valence-corrected chi connectivity index (χ3v) is 9.20. The summed E-state index contributed by atoms with van der Waals surface area (Å²) in [5.74, 6) is -2.06. The van der Waals surface area contributed by atoms with Gasteiger partial charge in [0.25, 0.3) is 5.91 Å². The number of piperidine rings is 1. The number of carbonyl (C=O) groups excluding carboxylic acids is 1. The summed E-state index contributed by atoms with van der Waals surface area (Å²) in [6, 6.07) is 7.12. The van der Waals surface area contributed by atoms with E-state index in [1.54, 1.807) is 12.1 Å². The van der Waals surface area contributed by atoms with Crippen molar-refractivity contribution < 1.29 is 42.1 Å². The zero-order valence-corrected chi connectivity index (χ0v) is 23.4. The number of likely N-dealkylation sites (tertiary alicyclic amines) is 2. The Hall–Kier alpha value is -3.25. The molecular weight excluding hydrogens is 558 g/mol. The van der Waals surface area contributed by atoms with Gasteiger partial charge in [-0.1, -0.05) is 12.5 Å². The molecule has 228 valence electrons. The average Bonchev–Trinajstić information content (AvgIpc) is 3.24. The molecule has 5 rings (SSSR count). The molecule has 1 amide bonds. The molecule has 2 atom stereocenters. The number of β-amino-alcohol motifs (C(OH)–C–C–N with tert-alkyl or cyclic N) is 1. The van der Waals surface area contributed by atoms with Gasteiger partial charge in [-0.05, 0) is 69.8 Å². The van der Waals surface area contributed by atoms with Crippen LogP contribution in [-0.2, 0) is 4.79 Å². The maximum absolute atomic E-state index is 15.1. The van der Waals surface area contributed by atoms with Crippen LogP contribution in [0.15, 0.2) is 36.5 Å². The van der Waals surface area contributed by atoms with E-state index >= 15 is 4.39 Å². The summed E-state index contributed by atoms with van der Waals surface area (Å²) >= 11 is 0. The van der Waals surface area contributed by atoms with Crippen molar-refractivity contribution in [2.24, 2.45) is 11.3 Å². The van der Waals surface area contributed by atoms with Crippen LogP contribution in [0.2, 0.25) is 0 Å². The number of aliphatic hydroxyl groups is 1. The third-order valence-electron chi connectivity index (χ3n) is 9.20. The van der Waals surface area contributed by atoms with Crippen molar-refractivity contribution in [1.29, 1.82) is 0 Å². The molecule has 12 heteroatoms. The molecule has 1 aromatic heterocycles. The number of nitrogens with zero attached hydrogens (tertiary/aromatic N) is 3. The molecule has 2 aliphatic heterocycles. The van der Waals surface area contributed by atoms with E-state index in [1.165, 1.54) is 25.3 Å². The minimum absolute atomic E-state index is 0.0296. The van der Waals surface area contributed by atoms with Crippen molar-refractivity contribution in [3.05, 3.63) is 47.9 Å². The van der Waals surface area contributed by atoms with Gasteiger partial charge in [-0.3, -0.25) is 4.79 Å². The van der Waals surface area contributed by atoms with Crippen molar-refractivity contribution in [1.82, 2.24) is 14.8 Å². The first-order chi connectivity index (χ1) is 19.8. The van der Waals surface area contributed by atoms with Crippen molar-refractivity contribution in [2.45, 2.75) is 63.3 Å². The number of benzene rings is 1. The number of halogens is 4. The highest BCUT2D eigenvalue weighted by atomic mass is 19.4. The zero-order valence-electron chi connectivity index (χ0n) is 23.4. The summed E-state index contributed by atoms with van der Waals surface area (Å²) in [6.07, 6.45) is -1.27. The summed E-state index contributed by atoms with van der Waals surface area (Å²) in [7, 11) is 0. The minimum atomic E-state index is -4.16.